The summed E-state index contributed by atoms with van der Waals surface area (Å²) in [5.41, 5.74) is 3.62. The SMILES string of the molecule is CCOC(=O)NNC(=O)C(NC(=O)C(CC(C)C)NC(=O)OC(C)(C)C)C(C)C. The van der Waals surface area contributed by atoms with Crippen LogP contribution in [0, 0.1) is 11.8 Å². The van der Waals surface area contributed by atoms with Crippen LogP contribution < -0.4 is 21.5 Å². The lowest BCUT2D eigenvalue weighted by molar-refractivity contribution is -0.131. The van der Waals surface area contributed by atoms with Crippen molar-refractivity contribution in [3.8, 4) is 0 Å². The van der Waals surface area contributed by atoms with Crippen LogP contribution in [0.2, 0.25) is 0 Å². The molecule has 0 aromatic rings. The van der Waals surface area contributed by atoms with Crippen molar-refractivity contribution in [2.75, 3.05) is 6.61 Å². The van der Waals surface area contributed by atoms with Crippen molar-refractivity contribution >= 4 is 24.0 Å². The van der Waals surface area contributed by atoms with Crippen LogP contribution in [-0.2, 0) is 19.1 Å². The summed E-state index contributed by atoms with van der Waals surface area (Å²) in [4.78, 5) is 48.6. The summed E-state index contributed by atoms with van der Waals surface area (Å²) in [6, 6.07) is -1.81. The maximum atomic E-state index is 12.8. The van der Waals surface area contributed by atoms with Crippen LogP contribution in [0.1, 0.15) is 61.8 Å². The van der Waals surface area contributed by atoms with E-state index in [0.717, 1.165) is 0 Å². The molecule has 0 rings (SSSR count). The quantitative estimate of drug-likeness (QED) is 0.446. The Morgan fingerprint density at radius 3 is 1.90 bits per heavy atom. The Morgan fingerprint density at radius 2 is 1.45 bits per heavy atom. The van der Waals surface area contributed by atoms with E-state index < -0.39 is 41.7 Å². The number of hydrogen-bond donors (Lipinski definition) is 4. The van der Waals surface area contributed by atoms with Crippen molar-refractivity contribution in [1.29, 1.82) is 0 Å². The van der Waals surface area contributed by atoms with E-state index >= 15 is 0 Å². The summed E-state index contributed by atoms with van der Waals surface area (Å²) in [5.74, 6) is -1.29. The smallest absolute Gasteiger partial charge is 0.426 e. The Balaban J connectivity index is 5.11. The van der Waals surface area contributed by atoms with Crippen molar-refractivity contribution in [3.05, 3.63) is 0 Å². The number of rotatable bonds is 8. The Morgan fingerprint density at radius 1 is 0.862 bits per heavy atom. The highest BCUT2D eigenvalue weighted by Gasteiger charge is 2.30. The lowest BCUT2D eigenvalue weighted by Gasteiger charge is -2.27. The van der Waals surface area contributed by atoms with E-state index in [4.69, 9.17) is 4.74 Å². The van der Waals surface area contributed by atoms with Crippen molar-refractivity contribution < 1.29 is 28.7 Å². The number of carbonyl (C=O) groups is 4. The van der Waals surface area contributed by atoms with Gasteiger partial charge in [-0.25, -0.2) is 15.0 Å². The molecule has 0 saturated carbocycles. The third-order valence-corrected chi connectivity index (χ3v) is 3.52. The first-order chi connectivity index (χ1) is 13.3. The van der Waals surface area contributed by atoms with Crippen molar-refractivity contribution in [2.24, 2.45) is 11.8 Å². The van der Waals surface area contributed by atoms with Crippen LogP contribution in [0.4, 0.5) is 9.59 Å². The minimum atomic E-state index is -0.931. The van der Waals surface area contributed by atoms with E-state index in [2.05, 4.69) is 26.2 Å². The Kier molecular flexibility index (Phi) is 11.1. The summed E-state index contributed by atoms with van der Waals surface area (Å²) < 4.78 is 9.88. The maximum Gasteiger partial charge on any atom is 0.426 e. The minimum Gasteiger partial charge on any atom is -0.449 e. The predicted molar refractivity (Wildman–Crippen MR) is 108 cm³/mol. The average molecular weight is 417 g/mol. The average Bonchev–Trinajstić information content (AvgIpc) is 2.54. The Hall–Kier alpha value is -2.52. The minimum absolute atomic E-state index is 0.109. The fraction of sp³-hybridized carbons (Fsp3) is 0.789. The molecule has 0 bridgehead atoms. The van der Waals surface area contributed by atoms with Gasteiger partial charge in [0.25, 0.3) is 5.91 Å². The fourth-order valence-electron chi connectivity index (χ4n) is 2.30. The molecule has 4 amide bonds. The standard InChI is InChI=1S/C19H36N4O6/c1-9-28-18(27)23-22-16(25)14(12(4)5)21-15(24)13(10-11(2)3)20-17(26)29-19(6,7)8/h11-14H,9-10H2,1-8H3,(H,20,26)(H,21,24)(H,22,25)(H,23,27). The lowest BCUT2D eigenvalue weighted by atomic mass is 10.00. The van der Waals surface area contributed by atoms with Gasteiger partial charge in [-0.3, -0.25) is 15.0 Å². The first-order valence-corrected chi connectivity index (χ1v) is 9.79. The molecule has 0 spiro atoms. The second kappa shape index (κ2) is 12.1. The van der Waals surface area contributed by atoms with Gasteiger partial charge >= 0.3 is 12.2 Å². The number of nitrogens with one attached hydrogen (secondary N) is 4. The summed E-state index contributed by atoms with van der Waals surface area (Å²) >= 11 is 0. The van der Waals surface area contributed by atoms with Crippen LogP contribution in [0.3, 0.4) is 0 Å². The first-order valence-electron chi connectivity index (χ1n) is 9.79. The van der Waals surface area contributed by atoms with Crippen molar-refractivity contribution in [2.45, 2.75) is 79.5 Å². The number of amides is 4. The van der Waals surface area contributed by atoms with Crippen molar-refractivity contribution in [3.63, 3.8) is 0 Å². The third kappa shape index (κ3) is 11.8. The molecule has 0 saturated heterocycles. The molecule has 0 aliphatic heterocycles. The van der Waals surface area contributed by atoms with E-state index in [9.17, 15) is 19.2 Å². The van der Waals surface area contributed by atoms with E-state index in [1.165, 1.54) is 0 Å². The van der Waals surface area contributed by atoms with Gasteiger partial charge in [-0.15, -0.1) is 0 Å². The summed E-state index contributed by atoms with van der Waals surface area (Å²) in [6.07, 6.45) is -1.16. The van der Waals surface area contributed by atoms with Gasteiger partial charge in [0.1, 0.15) is 17.7 Å². The first kappa shape index (κ1) is 26.5. The lowest BCUT2D eigenvalue weighted by Crippen LogP contribution is -2.58. The second-order valence-corrected chi connectivity index (χ2v) is 8.39. The molecular weight excluding hydrogens is 380 g/mol. The largest absolute Gasteiger partial charge is 0.449 e. The number of alkyl carbamates (subject to hydrolysis) is 1. The fourth-order valence-corrected chi connectivity index (χ4v) is 2.30. The van der Waals surface area contributed by atoms with E-state index in [1.54, 1.807) is 41.5 Å². The van der Waals surface area contributed by atoms with Crippen LogP contribution in [0.25, 0.3) is 0 Å². The van der Waals surface area contributed by atoms with Crippen LogP contribution in [0.5, 0.6) is 0 Å². The summed E-state index contributed by atoms with van der Waals surface area (Å²) in [6.45, 7) is 14.3. The van der Waals surface area contributed by atoms with Gasteiger partial charge in [-0.1, -0.05) is 27.7 Å². The van der Waals surface area contributed by atoms with Crippen LogP contribution >= 0.6 is 0 Å². The normalized spacial score (nSPS) is 13.3. The molecule has 10 nitrogen and oxygen atoms in total. The third-order valence-electron chi connectivity index (χ3n) is 3.52. The highest BCUT2D eigenvalue weighted by atomic mass is 16.6. The van der Waals surface area contributed by atoms with E-state index in [-0.39, 0.29) is 18.4 Å². The van der Waals surface area contributed by atoms with Gasteiger partial charge in [0, 0.05) is 0 Å². The van der Waals surface area contributed by atoms with E-state index in [1.807, 2.05) is 13.8 Å². The predicted octanol–water partition coefficient (Wildman–Crippen LogP) is 1.84. The van der Waals surface area contributed by atoms with Crippen LogP contribution in [0.15, 0.2) is 0 Å². The molecule has 0 aromatic heterocycles. The molecule has 0 heterocycles. The number of ether oxygens (including phenoxy) is 2. The molecule has 0 aromatic carbocycles. The number of hydrogen-bond acceptors (Lipinski definition) is 6. The molecule has 10 heteroatoms. The summed E-state index contributed by atoms with van der Waals surface area (Å²) in [7, 11) is 0. The molecule has 0 aliphatic carbocycles. The van der Waals surface area contributed by atoms with Gasteiger partial charge in [0.05, 0.1) is 6.61 Å². The monoisotopic (exact) mass is 416 g/mol. The Labute approximate surface area is 172 Å². The Bertz CT molecular complexity index is 572. The topological polar surface area (TPSA) is 135 Å². The van der Waals surface area contributed by atoms with Gasteiger partial charge in [0.15, 0.2) is 0 Å². The molecule has 0 fully saturated rings. The zero-order valence-electron chi connectivity index (χ0n) is 18.7. The molecule has 2 unspecified atom stereocenters. The zero-order chi connectivity index (χ0) is 22.8. The zero-order valence-corrected chi connectivity index (χ0v) is 18.7. The highest BCUT2D eigenvalue weighted by molar-refractivity contribution is 5.91. The highest BCUT2D eigenvalue weighted by Crippen LogP contribution is 2.11. The van der Waals surface area contributed by atoms with Gasteiger partial charge < -0.3 is 20.1 Å². The molecular formula is C19H36N4O6. The van der Waals surface area contributed by atoms with Crippen LogP contribution in [-0.4, -0.2) is 48.3 Å². The molecule has 0 radical (unpaired) electrons. The van der Waals surface area contributed by atoms with Gasteiger partial charge in [-0.2, -0.15) is 0 Å². The van der Waals surface area contributed by atoms with Crippen molar-refractivity contribution in [1.82, 2.24) is 21.5 Å². The number of hydrazine groups is 1. The molecule has 4 N–H and O–H groups in total. The van der Waals surface area contributed by atoms with E-state index in [0.29, 0.717) is 6.42 Å². The second-order valence-electron chi connectivity index (χ2n) is 8.39. The molecule has 0 aliphatic rings. The van der Waals surface area contributed by atoms with Gasteiger partial charge in [0.2, 0.25) is 5.91 Å². The van der Waals surface area contributed by atoms with Gasteiger partial charge in [-0.05, 0) is 46.0 Å². The molecule has 168 valence electrons. The maximum absolute atomic E-state index is 12.8. The molecule has 29 heavy (non-hydrogen) atoms. The molecule has 2 atom stereocenters. The number of carbonyl (C=O) groups excluding carboxylic acids is 4. The summed E-state index contributed by atoms with van der Waals surface area (Å²) in [5, 5.41) is 5.19.